The average molecular weight is 279 g/mol. The summed E-state index contributed by atoms with van der Waals surface area (Å²) in [6.45, 7) is 4.35. The summed E-state index contributed by atoms with van der Waals surface area (Å²) in [5.74, 6) is -0.0528. The minimum absolute atomic E-state index is 0.0232. The maximum absolute atomic E-state index is 12.5. The van der Waals surface area contributed by atoms with Crippen LogP contribution in [-0.2, 0) is 9.53 Å². The predicted octanol–water partition coefficient (Wildman–Crippen LogP) is 2.13. The van der Waals surface area contributed by atoms with E-state index in [2.05, 4.69) is 10.5 Å². The number of hydrogen-bond donors (Lipinski definition) is 1. The molecule has 5 heteroatoms. The van der Waals surface area contributed by atoms with E-state index in [9.17, 15) is 4.79 Å². The van der Waals surface area contributed by atoms with Crippen LogP contribution in [0.3, 0.4) is 0 Å². The number of nitrogens with zero attached hydrogens (tertiary/aromatic N) is 1. The Balaban J connectivity index is 1.86. The zero-order valence-corrected chi connectivity index (χ0v) is 11.6. The molecule has 3 rings (SSSR count). The number of ether oxygens (including phenoxy) is 1. The zero-order valence-electron chi connectivity index (χ0n) is 10.8. The smallest absolute Gasteiger partial charge is 0.213 e. The number of hydrogen-bond acceptors (Lipinski definition) is 4. The number of ketones is 1. The number of benzene rings is 1. The summed E-state index contributed by atoms with van der Waals surface area (Å²) >= 11 is 5.89. The first-order valence-electron chi connectivity index (χ1n) is 6.31. The van der Waals surface area contributed by atoms with Gasteiger partial charge in [-0.25, -0.2) is 0 Å². The fourth-order valence-electron chi connectivity index (χ4n) is 2.40. The molecule has 0 saturated carbocycles. The van der Waals surface area contributed by atoms with Crippen LogP contribution >= 0.6 is 11.6 Å². The van der Waals surface area contributed by atoms with Gasteiger partial charge in [0.15, 0.2) is 5.60 Å². The Labute approximate surface area is 116 Å². The molecule has 2 aliphatic rings. The molecule has 0 spiro atoms. The van der Waals surface area contributed by atoms with Crippen LogP contribution in [0.4, 0.5) is 0 Å². The minimum atomic E-state index is -0.699. The fourth-order valence-corrected chi connectivity index (χ4v) is 2.53. The van der Waals surface area contributed by atoms with Crippen molar-refractivity contribution in [1.82, 2.24) is 5.43 Å². The van der Waals surface area contributed by atoms with Crippen molar-refractivity contribution in [3.8, 4) is 0 Å². The molecule has 0 bridgehead atoms. The number of nitrogens with one attached hydrogen (secondary N) is 1. The maximum Gasteiger partial charge on any atom is 0.213 e. The molecule has 1 fully saturated rings. The Kier molecular flexibility index (Phi) is 2.87. The highest BCUT2D eigenvalue weighted by Crippen LogP contribution is 2.39. The van der Waals surface area contributed by atoms with Gasteiger partial charge in [0, 0.05) is 11.6 Å². The SMILES string of the molecule is C[C@H]1O[C@@]1(C)C(=O)C1=NNC[C@@H]1c1ccc(Cl)cc1. The third-order valence-electron chi connectivity index (χ3n) is 3.92. The lowest BCUT2D eigenvalue weighted by Gasteiger charge is -2.13. The molecule has 0 unspecified atom stereocenters. The molecule has 2 heterocycles. The van der Waals surface area contributed by atoms with Gasteiger partial charge in [-0.1, -0.05) is 23.7 Å². The summed E-state index contributed by atoms with van der Waals surface area (Å²) in [5.41, 5.74) is 3.80. The lowest BCUT2D eigenvalue weighted by molar-refractivity contribution is -0.117. The summed E-state index contributed by atoms with van der Waals surface area (Å²) in [6, 6.07) is 7.52. The maximum atomic E-state index is 12.5. The van der Waals surface area contributed by atoms with Gasteiger partial charge < -0.3 is 10.2 Å². The van der Waals surface area contributed by atoms with E-state index in [-0.39, 0.29) is 17.8 Å². The van der Waals surface area contributed by atoms with Crippen molar-refractivity contribution in [2.75, 3.05) is 6.54 Å². The molecule has 0 aromatic heterocycles. The molecule has 100 valence electrons. The Morgan fingerprint density at radius 3 is 2.68 bits per heavy atom. The number of hydrazone groups is 1. The van der Waals surface area contributed by atoms with Crippen LogP contribution < -0.4 is 5.43 Å². The number of halogens is 1. The number of carbonyl (C=O) groups excluding carboxylic acids is 1. The van der Waals surface area contributed by atoms with E-state index in [1.165, 1.54) is 0 Å². The first-order valence-corrected chi connectivity index (χ1v) is 6.68. The highest BCUT2D eigenvalue weighted by atomic mass is 35.5. The lowest BCUT2D eigenvalue weighted by atomic mass is 9.87. The monoisotopic (exact) mass is 278 g/mol. The average Bonchev–Trinajstić information content (AvgIpc) is 2.82. The van der Waals surface area contributed by atoms with Crippen LogP contribution in [-0.4, -0.2) is 29.7 Å². The highest BCUT2D eigenvalue weighted by Gasteiger charge is 2.57. The van der Waals surface area contributed by atoms with E-state index in [4.69, 9.17) is 16.3 Å². The molecule has 0 aliphatic carbocycles. The van der Waals surface area contributed by atoms with Crippen LogP contribution in [0.5, 0.6) is 0 Å². The number of carbonyl (C=O) groups is 1. The van der Waals surface area contributed by atoms with E-state index >= 15 is 0 Å². The van der Waals surface area contributed by atoms with E-state index < -0.39 is 5.60 Å². The quantitative estimate of drug-likeness (QED) is 0.862. The van der Waals surface area contributed by atoms with Gasteiger partial charge in [0.1, 0.15) is 5.71 Å². The van der Waals surface area contributed by atoms with Crippen molar-refractivity contribution in [2.24, 2.45) is 5.10 Å². The second-order valence-electron chi connectivity index (χ2n) is 5.16. The highest BCUT2D eigenvalue weighted by molar-refractivity contribution is 6.45. The van der Waals surface area contributed by atoms with Gasteiger partial charge in [-0.3, -0.25) is 4.79 Å². The van der Waals surface area contributed by atoms with Gasteiger partial charge in [-0.15, -0.1) is 0 Å². The zero-order chi connectivity index (χ0) is 13.6. The normalized spacial score (nSPS) is 32.7. The third kappa shape index (κ3) is 2.05. The van der Waals surface area contributed by atoms with Crippen LogP contribution in [0.25, 0.3) is 0 Å². The van der Waals surface area contributed by atoms with Crippen LogP contribution in [0.1, 0.15) is 25.3 Å². The molecule has 0 amide bonds. The minimum Gasteiger partial charge on any atom is -0.358 e. The fraction of sp³-hybridized carbons (Fsp3) is 0.429. The molecule has 1 aromatic rings. The summed E-state index contributed by atoms with van der Waals surface area (Å²) < 4.78 is 5.40. The molecule has 4 nitrogen and oxygen atoms in total. The van der Waals surface area contributed by atoms with Crippen molar-refractivity contribution in [1.29, 1.82) is 0 Å². The van der Waals surface area contributed by atoms with Gasteiger partial charge in [0.25, 0.3) is 0 Å². The molecular formula is C14H15ClN2O2. The van der Waals surface area contributed by atoms with Crippen LogP contribution in [0, 0.1) is 0 Å². The van der Waals surface area contributed by atoms with Gasteiger partial charge in [-0.2, -0.15) is 5.10 Å². The number of epoxide rings is 1. The first kappa shape index (κ1) is 12.6. The third-order valence-corrected chi connectivity index (χ3v) is 4.17. The number of Topliss-reactive ketones (excluding diaryl/α,β-unsaturated/α-hetero) is 1. The summed E-state index contributed by atoms with van der Waals surface area (Å²) in [5, 5.41) is 4.85. The van der Waals surface area contributed by atoms with E-state index in [0.717, 1.165) is 5.56 Å². The standard InChI is InChI=1S/C14H15ClN2O2/c1-8-14(2,19-8)13(18)12-11(7-16-17-12)9-3-5-10(15)6-4-9/h3-6,8,11,16H,7H2,1-2H3/t8-,11-,14-/m1/s1. The Morgan fingerprint density at radius 1 is 1.47 bits per heavy atom. The van der Waals surface area contributed by atoms with E-state index in [0.29, 0.717) is 17.3 Å². The van der Waals surface area contributed by atoms with Gasteiger partial charge in [0.05, 0.1) is 12.0 Å². The second kappa shape index (κ2) is 4.32. The van der Waals surface area contributed by atoms with Crippen molar-refractivity contribution >= 4 is 23.1 Å². The Morgan fingerprint density at radius 2 is 2.11 bits per heavy atom. The van der Waals surface area contributed by atoms with Gasteiger partial charge in [0.2, 0.25) is 5.78 Å². The molecule has 3 atom stereocenters. The molecule has 19 heavy (non-hydrogen) atoms. The predicted molar refractivity (Wildman–Crippen MR) is 73.6 cm³/mol. The van der Waals surface area contributed by atoms with Crippen molar-refractivity contribution in [3.05, 3.63) is 34.9 Å². The van der Waals surface area contributed by atoms with Crippen LogP contribution in [0.2, 0.25) is 5.02 Å². The summed E-state index contributed by atoms with van der Waals surface area (Å²) in [6.07, 6.45) is -0.0332. The van der Waals surface area contributed by atoms with Crippen LogP contribution in [0.15, 0.2) is 29.4 Å². The topological polar surface area (TPSA) is 54.0 Å². The molecule has 0 radical (unpaired) electrons. The van der Waals surface area contributed by atoms with Crippen molar-refractivity contribution < 1.29 is 9.53 Å². The first-order chi connectivity index (χ1) is 9.02. The lowest BCUT2D eigenvalue weighted by Crippen LogP contribution is -2.33. The number of rotatable bonds is 3. The Hall–Kier alpha value is -1.39. The van der Waals surface area contributed by atoms with Gasteiger partial charge >= 0.3 is 0 Å². The molecule has 1 aromatic carbocycles. The summed E-state index contributed by atoms with van der Waals surface area (Å²) in [7, 11) is 0. The summed E-state index contributed by atoms with van der Waals surface area (Å²) in [4.78, 5) is 12.5. The van der Waals surface area contributed by atoms with Gasteiger partial charge in [-0.05, 0) is 31.5 Å². The molecule has 2 aliphatic heterocycles. The molecular weight excluding hydrogens is 264 g/mol. The van der Waals surface area contributed by atoms with Crippen molar-refractivity contribution in [3.63, 3.8) is 0 Å². The second-order valence-corrected chi connectivity index (χ2v) is 5.60. The Bertz CT molecular complexity index is 555. The van der Waals surface area contributed by atoms with E-state index in [1.807, 2.05) is 38.1 Å². The largest absolute Gasteiger partial charge is 0.358 e. The molecule has 1 saturated heterocycles. The van der Waals surface area contributed by atoms with Crippen molar-refractivity contribution in [2.45, 2.75) is 31.5 Å². The molecule has 1 N–H and O–H groups in total. The van der Waals surface area contributed by atoms with E-state index in [1.54, 1.807) is 0 Å².